The molecule has 0 atom stereocenters. The fourth-order valence-corrected chi connectivity index (χ4v) is 3.03. The van der Waals surface area contributed by atoms with Crippen LogP contribution in [0.1, 0.15) is 19.0 Å². The fraction of sp³-hybridized carbons (Fsp3) is 0.417. The molecule has 8 heteroatoms. The third-order valence-corrected chi connectivity index (χ3v) is 4.20. The smallest absolute Gasteiger partial charge is 0.263 e. The van der Waals surface area contributed by atoms with Crippen molar-refractivity contribution in [3.63, 3.8) is 0 Å². The average Bonchev–Trinajstić information content (AvgIpc) is 2.96. The molecule has 0 bridgehead atoms. The second-order valence-electron chi connectivity index (χ2n) is 4.53. The number of anilines is 1. The molecule has 2 rings (SSSR count). The van der Waals surface area contributed by atoms with Gasteiger partial charge in [-0.3, -0.25) is 9.40 Å². The van der Waals surface area contributed by atoms with Crippen molar-refractivity contribution in [2.45, 2.75) is 31.4 Å². The molecule has 2 N–H and O–H groups in total. The number of aromatic nitrogens is 3. The Hall–Kier alpha value is -1.80. The Morgan fingerprint density at radius 3 is 2.70 bits per heavy atom. The van der Waals surface area contributed by atoms with E-state index in [1.165, 1.54) is 23.1 Å². The van der Waals surface area contributed by atoms with Gasteiger partial charge in [0, 0.05) is 31.7 Å². The number of rotatable bonds is 6. The number of aryl methyl sites for hydroxylation is 2. The highest BCUT2D eigenvalue weighted by molar-refractivity contribution is 7.92. The molecule has 0 saturated heterocycles. The molecule has 7 nitrogen and oxygen atoms in total. The van der Waals surface area contributed by atoms with Gasteiger partial charge in [0.1, 0.15) is 4.90 Å². The Balaban J connectivity index is 2.29. The molecule has 0 unspecified atom stereocenters. The quantitative estimate of drug-likeness (QED) is 0.830. The van der Waals surface area contributed by atoms with Gasteiger partial charge in [0.2, 0.25) is 0 Å². The van der Waals surface area contributed by atoms with Crippen molar-refractivity contribution in [1.29, 1.82) is 0 Å². The molecule has 0 aliphatic heterocycles. The van der Waals surface area contributed by atoms with Crippen LogP contribution < -0.4 is 4.72 Å². The van der Waals surface area contributed by atoms with Crippen LogP contribution in [-0.4, -0.2) is 27.9 Å². The predicted molar refractivity (Wildman–Crippen MR) is 74.7 cm³/mol. The van der Waals surface area contributed by atoms with Crippen LogP contribution in [0.15, 0.2) is 29.6 Å². The fourth-order valence-electron chi connectivity index (χ4n) is 1.94. The largest absolute Gasteiger partial charge is 0.390 e. The summed E-state index contributed by atoms with van der Waals surface area (Å²) in [6, 6.07) is 1.48. The van der Waals surface area contributed by atoms with Crippen molar-refractivity contribution in [3.05, 3.63) is 30.4 Å². The lowest BCUT2D eigenvalue weighted by atomic mass is 10.4. The second kappa shape index (κ2) is 5.68. The zero-order valence-electron chi connectivity index (χ0n) is 11.4. The Kier molecular flexibility index (Phi) is 4.15. The minimum atomic E-state index is -3.67. The summed E-state index contributed by atoms with van der Waals surface area (Å²) < 4.78 is 30.2. The van der Waals surface area contributed by atoms with Crippen LogP contribution in [0, 0.1) is 0 Å². The lowest BCUT2D eigenvalue weighted by Crippen LogP contribution is -2.11. The second-order valence-corrected chi connectivity index (χ2v) is 6.21. The van der Waals surface area contributed by atoms with Gasteiger partial charge in [-0.05, 0) is 12.5 Å². The molecule has 2 aromatic heterocycles. The van der Waals surface area contributed by atoms with Crippen LogP contribution in [0.5, 0.6) is 0 Å². The van der Waals surface area contributed by atoms with Gasteiger partial charge >= 0.3 is 0 Å². The summed E-state index contributed by atoms with van der Waals surface area (Å²) in [6.07, 6.45) is 5.41. The Morgan fingerprint density at radius 1 is 1.40 bits per heavy atom. The van der Waals surface area contributed by atoms with E-state index in [0.29, 0.717) is 17.9 Å². The number of aliphatic hydroxyl groups excluding tert-OH is 1. The van der Waals surface area contributed by atoms with E-state index >= 15 is 0 Å². The zero-order chi connectivity index (χ0) is 14.8. The standard InChI is InChI=1S/C12H18N4O3S/c1-3-4-16-8-12(5-11(16)9-17)20(18,19)14-10-6-13-15(2)7-10/h5-8,14,17H,3-4,9H2,1-2H3. The highest BCUT2D eigenvalue weighted by Gasteiger charge is 2.18. The van der Waals surface area contributed by atoms with Crippen molar-refractivity contribution in [3.8, 4) is 0 Å². The van der Waals surface area contributed by atoms with Gasteiger partial charge in [-0.15, -0.1) is 0 Å². The first-order valence-corrected chi connectivity index (χ1v) is 7.76. The van der Waals surface area contributed by atoms with Crippen molar-refractivity contribution in [2.24, 2.45) is 7.05 Å². The highest BCUT2D eigenvalue weighted by Crippen LogP contribution is 2.18. The van der Waals surface area contributed by atoms with Crippen molar-refractivity contribution in [2.75, 3.05) is 4.72 Å². The van der Waals surface area contributed by atoms with Gasteiger partial charge in [-0.1, -0.05) is 6.92 Å². The summed E-state index contributed by atoms with van der Waals surface area (Å²) in [5, 5.41) is 13.2. The number of nitrogens with zero attached hydrogens (tertiary/aromatic N) is 3. The van der Waals surface area contributed by atoms with E-state index in [1.54, 1.807) is 17.8 Å². The Labute approximate surface area is 117 Å². The Morgan fingerprint density at radius 2 is 2.15 bits per heavy atom. The Bertz CT molecular complexity index is 687. The highest BCUT2D eigenvalue weighted by atomic mass is 32.2. The lowest BCUT2D eigenvalue weighted by Gasteiger charge is -2.04. The first kappa shape index (κ1) is 14.6. The maximum absolute atomic E-state index is 12.3. The summed E-state index contributed by atoms with van der Waals surface area (Å²) >= 11 is 0. The molecule has 0 fully saturated rings. The molecule has 0 spiro atoms. The number of sulfonamides is 1. The summed E-state index contributed by atoms with van der Waals surface area (Å²) in [7, 11) is -1.96. The SMILES string of the molecule is CCCn1cc(S(=O)(=O)Nc2cnn(C)c2)cc1CO. The summed E-state index contributed by atoms with van der Waals surface area (Å²) in [5.41, 5.74) is 0.986. The van der Waals surface area contributed by atoms with E-state index in [2.05, 4.69) is 9.82 Å². The number of hydrogen-bond donors (Lipinski definition) is 2. The third kappa shape index (κ3) is 3.02. The molecule has 0 aromatic carbocycles. The lowest BCUT2D eigenvalue weighted by molar-refractivity contribution is 0.270. The molecule has 110 valence electrons. The predicted octanol–water partition coefficient (Wildman–Crippen LogP) is 0.925. The molecule has 2 aromatic rings. The number of aliphatic hydroxyl groups is 1. The van der Waals surface area contributed by atoms with Crippen LogP contribution in [0.2, 0.25) is 0 Å². The average molecular weight is 298 g/mol. The molecular formula is C12H18N4O3S. The maximum Gasteiger partial charge on any atom is 0.263 e. The van der Waals surface area contributed by atoms with E-state index in [0.717, 1.165) is 6.42 Å². The molecular weight excluding hydrogens is 280 g/mol. The summed E-state index contributed by atoms with van der Waals surface area (Å²) in [4.78, 5) is 0.138. The molecule has 0 saturated carbocycles. The minimum Gasteiger partial charge on any atom is -0.390 e. The molecule has 0 amide bonds. The van der Waals surface area contributed by atoms with Crippen molar-refractivity contribution in [1.82, 2.24) is 14.3 Å². The maximum atomic E-state index is 12.3. The van der Waals surface area contributed by atoms with E-state index in [1.807, 2.05) is 6.92 Å². The molecule has 0 aliphatic carbocycles. The van der Waals surface area contributed by atoms with Crippen LogP contribution in [0.3, 0.4) is 0 Å². The first-order chi connectivity index (χ1) is 9.46. The van der Waals surface area contributed by atoms with Crippen LogP contribution in [-0.2, 0) is 30.2 Å². The normalized spacial score (nSPS) is 11.8. The minimum absolute atomic E-state index is 0.138. The van der Waals surface area contributed by atoms with Crippen LogP contribution >= 0.6 is 0 Å². The number of hydrogen-bond acceptors (Lipinski definition) is 4. The van der Waals surface area contributed by atoms with E-state index in [-0.39, 0.29) is 11.5 Å². The van der Waals surface area contributed by atoms with Gasteiger partial charge in [0.25, 0.3) is 10.0 Å². The molecule has 0 aliphatic rings. The molecule has 0 radical (unpaired) electrons. The summed E-state index contributed by atoms with van der Waals surface area (Å²) in [5.74, 6) is 0. The van der Waals surface area contributed by atoms with Gasteiger partial charge in [-0.2, -0.15) is 5.10 Å². The molecule has 20 heavy (non-hydrogen) atoms. The monoisotopic (exact) mass is 298 g/mol. The molecule has 2 heterocycles. The number of nitrogens with one attached hydrogen (secondary N) is 1. The first-order valence-electron chi connectivity index (χ1n) is 6.27. The van der Waals surface area contributed by atoms with Gasteiger partial charge in [0.15, 0.2) is 0 Å². The van der Waals surface area contributed by atoms with Gasteiger partial charge in [-0.25, -0.2) is 8.42 Å². The topological polar surface area (TPSA) is 89.2 Å². The third-order valence-electron chi connectivity index (χ3n) is 2.85. The van der Waals surface area contributed by atoms with Gasteiger partial charge in [0.05, 0.1) is 18.5 Å². The van der Waals surface area contributed by atoms with E-state index in [4.69, 9.17) is 0 Å². The van der Waals surface area contributed by atoms with Crippen molar-refractivity contribution < 1.29 is 13.5 Å². The van der Waals surface area contributed by atoms with Gasteiger partial charge < -0.3 is 9.67 Å². The van der Waals surface area contributed by atoms with Crippen LogP contribution in [0.25, 0.3) is 0 Å². The van der Waals surface area contributed by atoms with E-state index < -0.39 is 10.0 Å². The zero-order valence-corrected chi connectivity index (χ0v) is 12.3. The van der Waals surface area contributed by atoms with E-state index in [9.17, 15) is 13.5 Å². The van der Waals surface area contributed by atoms with Crippen LogP contribution in [0.4, 0.5) is 5.69 Å². The summed E-state index contributed by atoms with van der Waals surface area (Å²) in [6.45, 7) is 2.46. The van der Waals surface area contributed by atoms with Crippen molar-refractivity contribution >= 4 is 15.7 Å².